The summed E-state index contributed by atoms with van der Waals surface area (Å²) in [5.41, 5.74) is 5.25. The van der Waals surface area contributed by atoms with Gasteiger partial charge in [-0.15, -0.1) is 0 Å². The Morgan fingerprint density at radius 1 is 1.55 bits per heavy atom. The van der Waals surface area contributed by atoms with E-state index in [1.54, 1.807) is 6.92 Å². The van der Waals surface area contributed by atoms with E-state index >= 15 is 0 Å². The third-order valence-electron chi connectivity index (χ3n) is 1.49. The zero-order valence-corrected chi connectivity index (χ0v) is 7.00. The van der Waals surface area contributed by atoms with Gasteiger partial charge in [-0.2, -0.15) is 0 Å². The van der Waals surface area contributed by atoms with E-state index in [1.807, 2.05) is 0 Å². The maximum Gasteiger partial charge on any atom is 0.171 e. The lowest BCUT2D eigenvalue weighted by Gasteiger charge is -2.25. The lowest BCUT2D eigenvalue weighted by molar-refractivity contribution is -0.187. The van der Waals surface area contributed by atoms with Crippen molar-refractivity contribution in [2.75, 3.05) is 14.2 Å². The van der Waals surface area contributed by atoms with Gasteiger partial charge in [0.25, 0.3) is 0 Å². The number of rotatable bonds is 4. The van der Waals surface area contributed by atoms with Gasteiger partial charge < -0.3 is 20.4 Å². The van der Waals surface area contributed by atoms with Crippen LogP contribution in [0.3, 0.4) is 0 Å². The molecule has 5 heteroatoms. The number of methoxy groups -OCH3 is 2. The van der Waals surface area contributed by atoms with E-state index in [0.29, 0.717) is 0 Å². The van der Waals surface area contributed by atoms with E-state index in [4.69, 9.17) is 20.4 Å². The fourth-order valence-electron chi connectivity index (χ4n) is 0.592. The first-order chi connectivity index (χ1) is 5.08. The van der Waals surface area contributed by atoms with Crippen LogP contribution in [0.25, 0.3) is 0 Å². The van der Waals surface area contributed by atoms with Gasteiger partial charge in [0.2, 0.25) is 0 Å². The smallest absolute Gasteiger partial charge is 0.171 e. The van der Waals surface area contributed by atoms with Crippen molar-refractivity contribution >= 4 is 5.84 Å². The Bertz CT molecular complexity index is 143. The minimum atomic E-state index is -0.809. The first-order valence-electron chi connectivity index (χ1n) is 3.14. The van der Waals surface area contributed by atoms with Crippen molar-refractivity contribution in [2.24, 2.45) is 10.9 Å². The summed E-state index contributed by atoms with van der Waals surface area (Å²) in [6.07, 6.45) is 0.233. The maximum absolute atomic E-state index is 8.24. The molecule has 0 aromatic carbocycles. The fourth-order valence-corrected chi connectivity index (χ4v) is 0.592. The summed E-state index contributed by atoms with van der Waals surface area (Å²) in [5.74, 6) is -0.729. The van der Waals surface area contributed by atoms with Gasteiger partial charge in [-0.1, -0.05) is 5.16 Å². The average molecular weight is 162 g/mol. The molecular formula is C6H14N2O3. The molecule has 11 heavy (non-hydrogen) atoms. The average Bonchev–Trinajstić information content (AvgIpc) is 2.04. The summed E-state index contributed by atoms with van der Waals surface area (Å²) < 4.78 is 9.93. The van der Waals surface area contributed by atoms with Crippen molar-refractivity contribution in [1.82, 2.24) is 0 Å². The van der Waals surface area contributed by atoms with Crippen molar-refractivity contribution < 1.29 is 14.7 Å². The minimum Gasteiger partial charge on any atom is -0.409 e. The van der Waals surface area contributed by atoms with E-state index < -0.39 is 5.79 Å². The van der Waals surface area contributed by atoms with Gasteiger partial charge in [0.05, 0.1) is 6.42 Å². The van der Waals surface area contributed by atoms with Gasteiger partial charge >= 0.3 is 0 Å². The summed E-state index contributed by atoms with van der Waals surface area (Å²) >= 11 is 0. The number of oxime groups is 1. The molecule has 0 aliphatic rings. The highest BCUT2D eigenvalue weighted by molar-refractivity contribution is 5.80. The van der Waals surface area contributed by atoms with Crippen molar-refractivity contribution in [2.45, 2.75) is 19.1 Å². The topological polar surface area (TPSA) is 77.1 Å². The molecule has 0 fully saturated rings. The minimum absolute atomic E-state index is 0.0798. The Kier molecular flexibility index (Phi) is 3.84. The van der Waals surface area contributed by atoms with Crippen LogP contribution in [0.15, 0.2) is 5.16 Å². The van der Waals surface area contributed by atoms with Crippen LogP contribution in [0.2, 0.25) is 0 Å². The van der Waals surface area contributed by atoms with Gasteiger partial charge in [0, 0.05) is 14.2 Å². The maximum atomic E-state index is 8.24. The van der Waals surface area contributed by atoms with Gasteiger partial charge in [0.15, 0.2) is 5.79 Å². The molecule has 0 aromatic heterocycles. The second kappa shape index (κ2) is 4.15. The third kappa shape index (κ3) is 3.20. The van der Waals surface area contributed by atoms with Crippen molar-refractivity contribution in [1.29, 1.82) is 0 Å². The molecule has 0 atom stereocenters. The Balaban J connectivity index is 4.08. The van der Waals surface area contributed by atoms with Gasteiger partial charge in [-0.3, -0.25) is 0 Å². The number of hydrogen-bond donors (Lipinski definition) is 2. The first-order valence-corrected chi connectivity index (χ1v) is 3.14. The molecule has 0 rings (SSSR count). The van der Waals surface area contributed by atoms with E-state index in [-0.39, 0.29) is 12.3 Å². The molecule has 0 spiro atoms. The number of amidine groups is 1. The summed E-state index contributed by atoms with van der Waals surface area (Å²) in [6, 6.07) is 0. The Morgan fingerprint density at radius 3 is 2.27 bits per heavy atom. The van der Waals surface area contributed by atoms with Crippen molar-refractivity contribution in [3.63, 3.8) is 0 Å². The first kappa shape index (κ1) is 10.2. The Hall–Kier alpha value is -0.810. The van der Waals surface area contributed by atoms with E-state index in [9.17, 15) is 0 Å². The molecule has 0 saturated carbocycles. The summed E-state index contributed by atoms with van der Waals surface area (Å²) in [6.45, 7) is 1.70. The molecule has 0 aliphatic heterocycles. The zero-order valence-electron chi connectivity index (χ0n) is 7.00. The SMILES string of the molecule is COC(C)(CC(N)=NO)OC. The normalized spacial score (nSPS) is 13.5. The predicted molar refractivity (Wildman–Crippen MR) is 40.4 cm³/mol. The van der Waals surface area contributed by atoms with Gasteiger partial charge in [0.1, 0.15) is 5.84 Å². The van der Waals surface area contributed by atoms with E-state index in [2.05, 4.69) is 5.16 Å². The molecule has 0 radical (unpaired) electrons. The second-order valence-electron chi connectivity index (χ2n) is 2.31. The molecule has 3 N–H and O–H groups in total. The van der Waals surface area contributed by atoms with E-state index in [1.165, 1.54) is 14.2 Å². The van der Waals surface area contributed by atoms with Crippen LogP contribution < -0.4 is 5.73 Å². The fraction of sp³-hybridized carbons (Fsp3) is 0.833. The summed E-state index contributed by atoms with van der Waals surface area (Å²) in [4.78, 5) is 0. The molecule has 0 saturated heterocycles. The molecule has 5 nitrogen and oxygen atoms in total. The van der Waals surface area contributed by atoms with Crippen LogP contribution >= 0.6 is 0 Å². The second-order valence-corrected chi connectivity index (χ2v) is 2.31. The van der Waals surface area contributed by atoms with Crippen molar-refractivity contribution in [3.05, 3.63) is 0 Å². The molecule has 0 heterocycles. The van der Waals surface area contributed by atoms with Crippen LogP contribution in [-0.4, -0.2) is 31.0 Å². The molecule has 0 aromatic rings. The monoisotopic (exact) mass is 162 g/mol. The largest absolute Gasteiger partial charge is 0.409 e. The molecular weight excluding hydrogens is 148 g/mol. The lowest BCUT2D eigenvalue weighted by atomic mass is 10.2. The molecule has 0 unspecified atom stereocenters. The van der Waals surface area contributed by atoms with Crippen LogP contribution in [0.1, 0.15) is 13.3 Å². The van der Waals surface area contributed by atoms with Crippen LogP contribution in [0, 0.1) is 0 Å². The summed E-state index contributed by atoms with van der Waals surface area (Å²) in [5, 5.41) is 11.0. The Morgan fingerprint density at radius 2 is 2.00 bits per heavy atom. The lowest BCUT2D eigenvalue weighted by Crippen LogP contribution is -2.35. The number of nitrogens with two attached hydrogens (primary N) is 1. The third-order valence-corrected chi connectivity index (χ3v) is 1.49. The molecule has 66 valence electrons. The van der Waals surface area contributed by atoms with Crippen molar-refractivity contribution in [3.8, 4) is 0 Å². The highest BCUT2D eigenvalue weighted by atomic mass is 16.7. The van der Waals surface area contributed by atoms with Crippen LogP contribution in [0.5, 0.6) is 0 Å². The predicted octanol–water partition coefficient (Wildman–Crippen LogP) is 0.132. The molecule has 0 aliphatic carbocycles. The molecule has 0 amide bonds. The zero-order chi connectivity index (χ0) is 8.91. The van der Waals surface area contributed by atoms with Gasteiger partial charge in [-0.05, 0) is 6.92 Å². The highest BCUT2D eigenvalue weighted by Gasteiger charge is 2.24. The highest BCUT2D eigenvalue weighted by Crippen LogP contribution is 2.14. The van der Waals surface area contributed by atoms with Crippen LogP contribution in [0.4, 0.5) is 0 Å². The quantitative estimate of drug-likeness (QED) is 0.202. The van der Waals surface area contributed by atoms with E-state index in [0.717, 1.165) is 0 Å². The standard InChI is InChI=1S/C6H14N2O3/c1-6(10-2,11-3)4-5(7)8-9/h9H,4H2,1-3H3,(H2,7,8). The Labute approximate surface area is 65.8 Å². The number of ether oxygens (including phenoxy) is 2. The van der Waals surface area contributed by atoms with Crippen LogP contribution in [-0.2, 0) is 9.47 Å². The summed E-state index contributed by atoms with van der Waals surface area (Å²) in [7, 11) is 2.99. The number of hydrogen-bond acceptors (Lipinski definition) is 4. The van der Waals surface area contributed by atoms with Gasteiger partial charge in [-0.25, -0.2) is 0 Å². The number of nitrogens with zero attached hydrogens (tertiary/aromatic N) is 1. The molecule has 0 bridgehead atoms.